The number of rotatable bonds is 5. The van der Waals surface area contributed by atoms with Gasteiger partial charge in [0.15, 0.2) is 17.5 Å². The number of nitrogen functional groups attached to an aromatic ring is 2. The van der Waals surface area contributed by atoms with Crippen LogP contribution in [0.4, 0.5) is 11.4 Å². The fourth-order valence-electron chi connectivity index (χ4n) is 6.08. The molecule has 0 spiro atoms. The third-order valence-corrected chi connectivity index (χ3v) is 8.46. The molecule has 0 saturated carbocycles. The van der Waals surface area contributed by atoms with Gasteiger partial charge in [0, 0.05) is 27.5 Å². The van der Waals surface area contributed by atoms with Crippen LogP contribution in [-0.2, 0) is 0 Å². The van der Waals surface area contributed by atoms with Crippen molar-refractivity contribution in [3.63, 3.8) is 0 Å². The molecule has 8 aromatic rings. The lowest BCUT2D eigenvalue weighted by molar-refractivity contribution is 1.07. The van der Waals surface area contributed by atoms with Gasteiger partial charge in [0.2, 0.25) is 0 Å². The van der Waals surface area contributed by atoms with Crippen molar-refractivity contribution in [2.75, 3.05) is 11.5 Å². The van der Waals surface area contributed by atoms with Gasteiger partial charge in [-0.25, -0.2) is 15.0 Å². The van der Waals surface area contributed by atoms with Gasteiger partial charge in [-0.3, -0.25) is 0 Å². The number of fused-ring (bicyclic) bond motifs is 3. The van der Waals surface area contributed by atoms with E-state index in [9.17, 15) is 0 Å². The lowest BCUT2D eigenvalue weighted by atomic mass is 9.93. The molecule has 5 heteroatoms. The van der Waals surface area contributed by atoms with Crippen LogP contribution >= 0.6 is 0 Å². The summed E-state index contributed by atoms with van der Waals surface area (Å²) in [6, 6.07) is 51.5. The van der Waals surface area contributed by atoms with Gasteiger partial charge in [0.05, 0.1) is 11.4 Å². The van der Waals surface area contributed by atoms with Crippen LogP contribution in [0.2, 0.25) is 0 Å². The van der Waals surface area contributed by atoms with Crippen molar-refractivity contribution in [1.29, 1.82) is 0 Å². The summed E-state index contributed by atoms with van der Waals surface area (Å²) >= 11 is 0. The van der Waals surface area contributed by atoms with Crippen molar-refractivity contribution in [1.82, 2.24) is 15.0 Å². The first-order valence-corrected chi connectivity index (χ1v) is 15.2. The van der Waals surface area contributed by atoms with E-state index in [2.05, 4.69) is 66.7 Å². The Hall–Kier alpha value is -6.33. The van der Waals surface area contributed by atoms with Crippen LogP contribution in [0.1, 0.15) is 0 Å². The molecule has 0 aliphatic rings. The van der Waals surface area contributed by atoms with Gasteiger partial charge in [0.25, 0.3) is 0 Å². The molecule has 4 N–H and O–H groups in total. The van der Waals surface area contributed by atoms with Gasteiger partial charge < -0.3 is 11.5 Å². The highest BCUT2D eigenvalue weighted by Crippen LogP contribution is 2.39. The minimum absolute atomic E-state index is 0.613. The minimum Gasteiger partial charge on any atom is -0.397 e. The Morgan fingerprint density at radius 1 is 0.283 bits per heavy atom. The molecule has 0 aliphatic carbocycles. The first-order valence-electron chi connectivity index (χ1n) is 15.2. The molecule has 0 aliphatic heterocycles. The molecule has 218 valence electrons. The van der Waals surface area contributed by atoms with Gasteiger partial charge in [-0.05, 0) is 51.2 Å². The number of anilines is 2. The predicted octanol–water partition coefficient (Wildman–Crippen LogP) is 9.68. The molecule has 8 rings (SSSR count). The topological polar surface area (TPSA) is 90.7 Å². The van der Waals surface area contributed by atoms with Gasteiger partial charge in [0.1, 0.15) is 0 Å². The van der Waals surface area contributed by atoms with Crippen molar-refractivity contribution in [3.8, 4) is 56.4 Å². The Bertz CT molecular complexity index is 2330. The maximum atomic E-state index is 6.58. The number of hydrogen-bond acceptors (Lipinski definition) is 5. The largest absolute Gasteiger partial charge is 0.397 e. The summed E-state index contributed by atoms with van der Waals surface area (Å²) in [6.45, 7) is 0. The average molecular weight is 592 g/mol. The molecule has 0 fully saturated rings. The molecule has 0 atom stereocenters. The van der Waals surface area contributed by atoms with Crippen molar-refractivity contribution in [2.45, 2.75) is 0 Å². The van der Waals surface area contributed by atoms with Crippen molar-refractivity contribution < 1.29 is 0 Å². The molecule has 1 heterocycles. The van der Waals surface area contributed by atoms with Gasteiger partial charge in [-0.1, -0.05) is 133 Å². The maximum Gasteiger partial charge on any atom is 0.164 e. The highest BCUT2D eigenvalue weighted by atomic mass is 15.0. The molecule has 7 aromatic carbocycles. The normalized spacial score (nSPS) is 11.2. The average Bonchev–Trinajstić information content (AvgIpc) is 3.14. The van der Waals surface area contributed by atoms with Gasteiger partial charge in [-0.15, -0.1) is 0 Å². The maximum absolute atomic E-state index is 6.58. The number of benzene rings is 7. The van der Waals surface area contributed by atoms with Crippen LogP contribution in [0.25, 0.3) is 78.0 Å². The zero-order valence-electron chi connectivity index (χ0n) is 24.9. The second-order valence-corrected chi connectivity index (χ2v) is 11.3. The summed E-state index contributed by atoms with van der Waals surface area (Å²) < 4.78 is 0. The SMILES string of the molecule is Nc1c(N)c2cc(-c3cccc(-c4cccc(-c5nc(-c6ccccc6)nc(-c6ccccc6)n5)c4)c3)ccc2c2ccccc12. The Kier molecular flexibility index (Phi) is 6.69. The number of hydrogen-bond donors (Lipinski definition) is 2. The fraction of sp³-hybridized carbons (Fsp3) is 0. The molecule has 1 aromatic heterocycles. The van der Waals surface area contributed by atoms with Gasteiger partial charge >= 0.3 is 0 Å². The standard InChI is InChI=1S/C41H29N5/c42-37-35-20-8-7-19-33(35)34-22-21-31(25-36(34)38(37)43)29-16-9-15-28(23-29)30-17-10-18-32(24-30)41-45-39(26-11-3-1-4-12-26)44-40(46-41)27-13-5-2-6-14-27/h1-25H,42-43H2. The lowest BCUT2D eigenvalue weighted by Gasteiger charge is -2.13. The van der Waals surface area contributed by atoms with E-state index in [-0.39, 0.29) is 0 Å². The second kappa shape index (κ2) is 11.3. The van der Waals surface area contributed by atoms with Crippen LogP contribution in [0, 0.1) is 0 Å². The van der Waals surface area contributed by atoms with Crippen molar-refractivity contribution in [2.24, 2.45) is 0 Å². The number of aromatic nitrogens is 3. The summed E-state index contributed by atoms with van der Waals surface area (Å²) in [7, 11) is 0. The summed E-state index contributed by atoms with van der Waals surface area (Å²) in [4.78, 5) is 14.7. The van der Waals surface area contributed by atoms with Crippen molar-refractivity contribution >= 4 is 32.9 Å². The van der Waals surface area contributed by atoms with E-state index in [1.54, 1.807) is 0 Å². The Morgan fingerprint density at radius 3 is 1.26 bits per heavy atom. The van der Waals surface area contributed by atoms with Gasteiger partial charge in [-0.2, -0.15) is 0 Å². The first kappa shape index (κ1) is 27.2. The smallest absolute Gasteiger partial charge is 0.164 e. The van der Waals surface area contributed by atoms with Crippen LogP contribution in [0.3, 0.4) is 0 Å². The Labute approximate surface area is 266 Å². The fourth-order valence-corrected chi connectivity index (χ4v) is 6.08. The monoisotopic (exact) mass is 591 g/mol. The quantitative estimate of drug-likeness (QED) is 0.118. The minimum atomic E-state index is 0.613. The predicted molar refractivity (Wildman–Crippen MR) is 191 cm³/mol. The highest BCUT2D eigenvalue weighted by molar-refractivity contribution is 6.19. The summed E-state index contributed by atoms with van der Waals surface area (Å²) in [5, 5.41) is 4.13. The molecule has 0 unspecified atom stereocenters. The molecule has 0 bridgehead atoms. The summed E-state index contributed by atoms with van der Waals surface area (Å²) in [5.74, 6) is 1.90. The van der Waals surface area contributed by atoms with E-state index in [1.165, 1.54) is 0 Å². The number of nitrogens with zero attached hydrogens (tertiary/aromatic N) is 3. The highest BCUT2D eigenvalue weighted by Gasteiger charge is 2.14. The lowest BCUT2D eigenvalue weighted by Crippen LogP contribution is -2.00. The van der Waals surface area contributed by atoms with E-state index in [0.717, 1.165) is 60.5 Å². The molecular weight excluding hydrogens is 562 g/mol. The molecule has 0 amide bonds. The van der Waals surface area contributed by atoms with E-state index in [4.69, 9.17) is 26.4 Å². The summed E-state index contributed by atoms with van der Waals surface area (Å²) in [6.07, 6.45) is 0. The first-order chi connectivity index (χ1) is 22.6. The van der Waals surface area contributed by atoms with Crippen LogP contribution in [0.5, 0.6) is 0 Å². The molecule has 0 radical (unpaired) electrons. The summed E-state index contributed by atoms with van der Waals surface area (Å²) in [5.41, 5.74) is 21.4. The molecule has 5 nitrogen and oxygen atoms in total. The van der Waals surface area contributed by atoms with E-state index in [0.29, 0.717) is 28.8 Å². The van der Waals surface area contributed by atoms with Crippen molar-refractivity contribution in [3.05, 3.63) is 152 Å². The van der Waals surface area contributed by atoms with E-state index < -0.39 is 0 Å². The molecule has 46 heavy (non-hydrogen) atoms. The Morgan fingerprint density at radius 2 is 0.674 bits per heavy atom. The molecular formula is C41H29N5. The van der Waals surface area contributed by atoms with E-state index in [1.807, 2.05) is 84.9 Å². The van der Waals surface area contributed by atoms with Crippen LogP contribution in [-0.4, -0.2) is 15.0 Å². The molecule has 0 saturated heterocycles. The van der Waals surface area contributed by atoms with Crippen LogP contribution < -0.4 is 11.5 Å². The number of nitrogens with two attached hydrogens (primary N) is 2. The third-order valence-electron chi connectivity index (χ3n) is 8.46. The zero-order chi connectivity index (χ0) is 31.0. The Balaban J connectivity index is 1.20. The van der Waals surface area contributed by atoms with Crippen LogP contribution in [0.15, 0.2) is 152 Å². The second-order valence-electron chi connectivity index (χ2n) is 11.3. The third kappa shape index (κ3) is 4.90. The van der Waals surface area contributed by atoms with E-state index >= 15 is 0 Å². The zero-order valence-corrected chi connectivity index (χ0v) is 24.9.